The van der Waals surface area contributed by atoms with Crippen LogP contribution < -0.4 is 11.1 Å². The van der Waals surface area contributed by atoms with Crippen LogP contribution in [0, 0.1) is 0 Å². The van der Waals surface area contributed by atoms with Crippen molar-refractivity contribution in [2.75, 3.05) is 0 Å². The van der Waals surface area contributed by atoms with Gasteiger partial charge in [-0.3, -0.25) is 0 Å². The van der Waals surface area contributed by atoms with Crippen molar-refractivity contribution < 1.29 is 0 Å². The molecule has 90 valence electrons. The zero-order chi connectivity index (χ0) is 11.3. The van der Waals surface area contributed by atoms with E-state index in [0.29, 0.717) is 17.7 Å². The van der Waals surface area contributed by atoms with Crippen LogP contribution in [0.5, 0.6) is 0 Å². The van der Waals surface area contributed by atoms with Gasteiger partial charge in [-0.2, -0.15) is 0 Å². The molecule has 4 nitrogen and oxygen atoms in total. The molecule has 0 unspecified atom stereocenters. The molecule has 3 N–H and O–H groups in total. The largest absolute Gasteiger partial charge is 0.370 e. The number of hydrogen-bond acceptors (Lipinski definition) is 2. The number of rotatable bonds is 3. The van der Waals surface area contributed by atoms with Crippen LogP contribution in [0.3, 0.4) is 0 Å². The Bertz CT molecular complexity index is 337. The Balaban J connectivity index is 0.00000225. The van der Waals surface area contributed by atoms with E-state index in [9.17, 15) is 0 Å². The maximum absolute atomic E-state index is 5.66. The fraction of sp³-hybridized carbons (Fsp3) is 0.400. The summed E-state index contributed by atoms with van der Waals surface area (Å²) in [6.07, 6.45) is 1.69. The molecule has 0 aliphatic heterocycles. The Hall–Kier alpha value is -0.560. The van der Waals surface area contributed by atoms with Crippen LogP contribution >= 0.6 is 35.6 Å². The van der Waals surface area contributed by atoms with E-state index in [1.807, 2.05) is 19.9 Å². The van der Waals surface area contributed by atoms with Gasteiger partial charge in [0, 0.05) is 12.2 Å². The predicted octanol–water partition coefficient (Wildman–Crippen LogP) is 2.17. The minimum atomic E-state index is 0. The number of halogens is 2. The minimum Gasteiger partial charge on any atom is -0.370 e. The van der Waals surface area contributed by atoms with Gasteiger partial charge in [-0.05, 0) is 25.5 Å². The number of nitrogens with two attached hydrogens (primary N) is 1. The summed E-state index contributed by atoms with van der Waals surface area (Å²) in [5, 5.41) is 3.49. The second-order valence-electron chi connectivity index (χ2n) is 3.49. The molecule has 0 aromatic carbocycles. The molecule has 0 fully saturated rings. The summed E-state index contributed by atoms with van der Waals surface area (Å²) in [5.41, 5.74) is 6.62. The smallest absolute Gasteiger partial charge is 0.189 e. The number of aromatic nitrogens is 1. The third kappa shape index (κ3) is 6.12. The van der Waals surface area contributed by atoms with Crippen molar-refractivity contribution in [3.63, 3.8) is 0 Å². The summed E-state index contributed by atoms with van der Waals surface area (Å²) in [7, 11) is 0. The monoisotopic (exact) mass is 354 g/mol. The van der Waals surface area contributed by atoms with E-state index in [0.717, 1.165) is 5.56 Å². The molecule has 16 heavy (non-hydrogen) atoms. The highest BCUT2D eigenvalue weighted by Crippen LogP contribution is 2.05. The lowest BCUT2D eigenvalue weighted by Gasteiger charge is -2.08. The van der Waals surface area contributed by atoms with Gasteiger partial charge in [0.25, 0.3) is 0 Å². The molecule has 0 atom stereocenters. The third-order valence-electron chi connectivity index (χ3n) is 1.66. The van der Waals surface area contributed by atoms with Crippen LogP contribution in [0.15, 0.2) is 23.3 Å². The summed E-state index contributed by atoms with van der Waals surface area (Å²) in [6, 6.07) is 3.90. The Morgan fingerprint density at radius 3 is 2.75 bits per heavy atom. The van der Waals surface area contributed by atoms with Gasteiger partial charge in [0.05, 0.1) is 6.54 Å². The summed E-state index contributed by atoms with van der Waals surface area (Å²) >= 11 is 5.66. The Morgan fingerprint density at radius 2 is 2.25 bits per heavy atom. The summed E-state index contributed by atoms with van der Waals surface area (Å²) in [4.78, 5) is 8.12. The fourth-order valence-electron chi connectivity index (χ4n) is 1.02. The molecule has 0 aliphatic carbocycles. The lowest BCUT2D eigenvalue weighted by atomic mass is 10.3. The molecular weight excluding hydrogens is 338 g/mol. The Labute approximate surface area is 118 Å². The molecule has 0 spiro atoms. The number of guanidine groups is 1. The average Bonchev–Trinajstić information content (AvgIpc) is 2.16. The van der Waals surface area contributed by atoms with Crippen LogP contribution in [0.1, 0.15) is 19.4 Å². The van der Waals surface area contributed by atoms with E-state index in [4.69, 9.17) is 17.3 Å². The first-order valence-corrected chi connectivity index (χ1v) is 5.12. The second kappa shape index (κ2) is 7.67. The molecule has 0 amide bonds. The Morgan fingerprint density at radius 1 is 1.56 bits per heavy atom. The van der Waals surface area contributed by atoms with E-state index in [2.05, 4.69) is 15.3 Å². The zero-order valence-corrected chi connectivity index (χ0v) is 12.4. The average molecular weight is 355 g/mol. The van der Waals surface area contributed by atoms with Gasteiger partial charge in [-0.25, -0.2) is 9.98 Å². The van der Waals surface area contributed by atoms with E-state index in [1.54, 1.807) is 12.3 Å². The first kappa shape index (κ1) is 15.4. The molecule has 1 rings (SSSR count). The molecule has 0 saturated heterocycles. The van der Waals surface area contributed by atoms with Gasteiger partial charge in [0.15, 0.2) is 5.96 Å². The Kier molecular flexibility index (Phi) is 7.40. The lowest BCUT2D eigenvalue weighted by Crippen LogP contribution is -2.36. The quantitative estimate of drug-likeness (QED) is 0.378. The minimum absolute atomic E-state index is 0. The van der Waals surface area contributed by atoms with Crippen molar-refractivity contribution in [2.45, 2.75) is 26.4 Å². The predicted molar refractivity (Wildman–Crippen MR) is 78.3 cm³/mol. The van der Waals surface area contributed by atoms with E-state index in [-0.39, 0.29) is 30.0 Å². The summed E-state index contributed by atoms with van der Waals surface area (Å²) < 4.78 is 0. The topological polar surface area (TPSA) is 63.3 Å². The highest BCUT2D eigenvalue weighted by Gasteiger charge is 1.96. The fourth-order valence-corrected chi connectivity index (χ4v) is 1.13. The standard InChI is InChI=1S/C10H15ClN4.HI/c1-7(2)15-10(12)14-6-8-3-4-9(11)13-5-8;/h3-5,7H,6H2,1-2H3,(H3,12,14,15);1H. The maximum atomic E-state index is 5.66. The van der Waals surface area contributed by atoms with Gasteiger partial charge >= 0.3 is 0 Å². The van der Waals surface area contributed by atoms with Crippen LogP contribution in [-0.2, 0) is 6.54 Å². The molecule has 0 bridgehead atoms. The van der Waals surface area contributed by atoms with Crippen molar-refractivity contribution in [3.8, 4) is 0 Å². The van der Waals surface area contributed by atoms with Crippen molar-refractivity contribution in [2.24, 2.45) is 10.7 Å². The summed E-state index contributed by atoms with van der Waals surface area (Å²) in [6.45, 7) is 4.52. The van der Waals surface area contributed by atoms with Gasteiger partial charge in [0.2, 0.25) is 0 Å². The number of hydrogen-bond donors (Lipinski definition) is 2. The van der Waals surface area contributed by atoms with E-state index < -0.39 is 0 Å². The van der Waals surface area contributed by atoms with Gasteiger partial charge in [-0.15, -0.1) is 24.0 Å². The van der Waals surface area contributed by atoms with Gasteiger partial charge in [-0.1, -0.05) is 17.7 Å². The normalized spacial score (nSPS) is 11.1. The SMILES string of the molecule is CC(C)NC(N)=NCc1ccc(Cl)nc1.I. The molecule has 1 aromatic heterocycles. The van der Waals surface area contributed by atoms with E-state index >= 15 is 0 Å². The highest BCUT2D eigenvalue weighted by molar-refractivity contribution is 14.0. The third-order valence-corrected chi connectivity index (χ3v) is 1.88. The van der Waals surface area contributed by atoms with E-state index in [1.165, 1.54) is 0 Å². The molecule has 6 heteroatoms. The van der Waals surface area contributed by atoms with Crippen LogP contribution in [-0.4, -0.2) is 17.0 Å². The lowest BCUT2D eigenvalue weighted by molar-refractivity contribution is 0.723. The van der Waals surface area contributed by atoms with Crippen LogP contribution in [0.2, 0.25) is 5.15 Å². The van der Waals surface area contributed by atoms with Crippen molar-refractivity contribution in [1.29, 1.82) is 0 Å². The maximum Gasteiger partial charge on any atom is 0.189 e. The first-order chi connectivity index (χ1) is 7.08. The van der Waals surface area contributed by atoms with Gasteiger partial charge in [0.1, 0.15) is 5.15 Å². The molecule has 0 aliphatic rings. The van der Waals surface area contributed by atoms with Crippen molar-refractivity contribution >= 4 is 41.5 Å². The zero-order valence-electron chi connectivity index (χ0n) is 9.27. The first-order valence-electron chi connectivity index (χ1n) is 4.75. The van der Waals surface area contributed by atoms with Crippen LogP contribution in [0.4, 0.5) is 0 Å². The van der Waals surface area contributed by atoms with Gasteiger partial charge < -0.3 is 11.1 Å². The number of aliphatic imine (C=N–C) groups is 1. The number of nitrogens with zero attached hydrogens (tertiary/aromatic N) is 2. The van der Waals surface area contributed by atoms with Crippen LogP contribution in [0.25, 0.3) is 0 Å². The molecule has 1 heterocycles. The highest BCUT2D eigenvalue weighted by atomic mass is 127. The van der Waals surface area contributed by atoms with Crippen molar-refractivity contribution in [1.82, 2.24) is 10.3 Å². The number of nitrogens with one attached hydrogen (secondary N) is 1. The molecule has 0 radical (unpaired) electrons. The molecular formula is C10H16ClIN4. The van der Waals surface area contributed by atoms with Crippen molar-refractivity contribution in [3.05, 3.63) is 29.0 Å². The molecule has 1 aromatic rings. The second-order valence-corrected chi connectivity index (χ2v) is 3.88. The molecule has 0 saturated carbocycles. The number of pyridine rings is 1. The summed E-state index contributed by atoms with van der Waals surface area (Å²) in [5.74, 6) is 0.444.